The van der Waals surface area contributed by atoms with Crippen molar-refractivity contribution in [2.75, 3.05) is 18.6 Å². The maximum atomic E-state index is 12.2. The fourth-order valence-corrected chi connectivity index (χ4v) is 2.62. The molecule has 8 heteroatoms. The maximum absolute atomic E-state index is 12.2. The summed E-state index contributed by atoms with van der Waals surface area (Å²) < 4.78 is 6.12. The number of ether oxygens (including phenoxy) is 1. The van der Waals surface area contributed by atoms with Crippen LogP contribution >= 0.6 is 27.5 Å². The van der Waals surface area contributed by atoms with E-state index in [1.54, 1.807) is 31.3 Å². The molecule has 2 aromatic rings. The Morgan fingerprint density at radius 3 is 2.74 bits per heavy atom. The van der Waals surface area contributed by atoms with Gasteiger partial charge in [-0.05, 0) is 24.3 Å². The van der Waals surface area contributed by atoms with Crippen LogP contribution in [0, 0.1) is 10.1 Å². The van der Waals surface area contributed by atoms with Crippen molar-refractivity contribution in [3.63, 3.8) is 0 Å². The molecule has 2 rings (SSSR count). The monoisotopic (exact) mass is 398 g/mol. The van der Waals surface area contributed by atoms with Crippen LogP contribution < -0.4 is 9.64 Å². The smallest absolute Gasteiger partial charge is 0.273 e. The molecule has 6 nitrogen and oxygen atoms in total. The summed E-state index contributed by atoms with van der Waals surface area (Å²) in [6, 6.07) is 10.8. The van der Waals surface area contributed by atoms with Crippen LogP contribution in [-0.2, 0) is 4.79 Å². The van der Waals surface area contributed by atoms with Crippen molar-refractivity contribution in [1.82, 2.24) is 0 Å². The molecule has 0 atom stereocenters. The second-order valence-corrected chi connectivity index (χ2v) is 5.91. The van der Waals surface area contributed by atoms with Gasteiger partial charge in [0.15, 0.2) is 6.61 Å². The number of hydrogen-bond donors (Lipinski definition) is 0. The van der Waals surface area contributed by atoms with E-state index in [0.29, 0.717) is 10.7 Å². The summed E-state index contributed by atoms with van der Waals surface area (Å²) in [6.45, 7) is -0.260. The first-order valence-corrected chi connectivity index (χ1v) is 7.64. The fraction of sp³-hybridized carbons (Fsp3) is 0.133. The minimum atomic E-state index is -0.525. The Morgan fingerprint density at radius 1 is 1.35 bits per heavy atom. The number of amides is 1. The van der Waals surface area contributed by atoms with Crippen LogP contribution in [0.15, 0.2) is 46.9 Å². The van der Waals surface area contributed by atoms with E-state index in [0.717, 1.165) is 4.47 Å². The molecule has 1 amide bonds. The van der Waals surface area contributed by atoms with Gasteiger partial charge in [0.1, 0.15) is 5.75 Å². The van der Waals surface area contributed by atoms with Crippen molar-refractivity contribution in [2.45, 2.75) is 0 Å². The van der Waals surface area contributed by atoms with Gasteiger partial charge in [-0.1, -0.05) is 33.6 Å². The Labute approximate surface area is 145 Å². The zero-order valence-electron chi connectivity index (χ0n) is 12.0. The number of hydrogen-bond acceptors (Lipinski definition) is 4. The lowest BCUT2D eigenvalue weighted by atomic mass is 10.3. The first-order chi connectivity index (χ1) is 10.9. The zero-order chi connectivity index (χ0) is 17.0. The van der Waals surface area contributed by atoms with Crippen LogP contribution in [0.4, 0.5) is 11.4 Å². The Kier molecular flexibility index (Phi) is 5.57. The number of anilines is 1. The Hall–Kier alpha value is -2.12. The molecule has 0 saturated heterocycles. The second kappa shape index (κ2) is 7.43. The molecule has 0 heterocycles. The van der Waals surface area contributed by atoms with E-state index in [1.165, 1.54) is 23.1 Å². The average molecular weight is 400 g/mol. The first-order valence-electron chi connectivity index (χ1n) is 6.47. The number of nitro benzene ring substituents is 1. The third kappa shape index (κ3) is 4.43. The second-order valence-electron chi connectivity index (χ2n) is 4.59. The Bertz CT molecular complexity index is 754. The lowest BCUT2D eigenvalue weighted by molar-refractivity contribution is -0.384. The van der Waals surface area contributed by atoms with Gasteiger partial charge in [0, 0.05) is 17.6 Å². The zero-order valence-corrected chi connectivity index (χ0v) is 14.4. The largest absolute Gasteiger partial charge is 0.483 e. The summed E-state index contributed by atoms with van der Waals surface area (Å²) in [5.74, 6) is -0.0800. The number of benzene rings is 2. The summed E-state index contributed by atoms with van der Waals surface area (Å²) in [6.07, 6.45) is 0. The average Bonchev–Trinajstić information content (AvgIpc) is 2.52. The van der Waals surface area contributed by atoms with E-state index in [4.69, 9.17) is 16.3 Å². The van der Waals surface area contributed by atoms with Gasteiger partial charge < -0.3 is 9.64 Å². The van der Waals surface area contributed by atoms with Crippen LogP contribution in [0.25, 0.3) is 0 Å². The highest BCUT2D eigenvalue weighted by Crippen LogP contribution is 2.28. The van der Waals surface area contributed by atoms with Crippen molar-refractivity contribution in [1.29, 1.82) is 0 Å². The van der Waals surface area contributed by atoms with Crippen molar-refractivity contribution < 1.29 is 14.5 Å². The van der Waals surface area contributed by atoms with E-state index in [-0.39, 0.29) is 24.0 Å². The number of likely N-dealkylation sites (N-methyl/N-ethyl adjacent to an activating group) is 1. The highest BCUT2D eigenvalue weighted by molar-refractivity contribution is 9.10. The van der Waals surface area contributed by atoms with Gasteiger partial charge in [0.2, 0.25) is 0 Å². The van der Waals surface area contributed by atoms with Crippen molar-refractivity contribution in [3.8, 4) is 5.75 Å². The molecular formula is C15H12BrClN2O4. The predicted octanol–water partition coefficient (Wildman–Crippen LogP) is 4.05. The molecule has 0 aliphatic rings. The van der Waals surface area contributed by atoms with E-state index in [1.807, 2.05) is 0 Å². The SMILES string of the molecule is CN(C(=O)COc1cccc([N+](=O)[O-])c1)c1ccc(Br)cc1Cl. The minimum absolute atomic E-state index is 0.0979. The number of non-ortho nitro benzene ring substituents is 1. The van der Waals surface area contributed by atoms with Crippen molar-refractivity contribution in [2.24, 2.45) is 0 Å². The van der Waals surface area contributed by atoms with Crippen LogP contribution in [0.2, 0.25) is 5.02 Å². The van der Waals surface area contributed by atoms with Crippen molar-refractivity contribution in [3.05, 3.63) is 62.1 Å². The van der Waals surface area contributed by atoms with Crippen LogP contribution in [0.3, 0.4) is 0 Å². The Balaban J connectivity index is 2.04. The molecule has 2 aromatic carbocycles. The van der Waals surface area contributed by atoms with Crippen molar-refractivity contribution >= 4 is 44.8 Å². The molecule has 0 N–H and O–H groups in total. The van der Waals surface area contributed by atoms with E-state index in [2.05, 4.69) is 15.9 Å². The Morgan fingerprint density at radius 2 is 2.09 bits per heavy atom. The normalized spacial score (nSPS) is 10.2. The third-order valence-electron chi connectivity index (χ3n) is 3.04. The molecule has 0 radical (unpaired) electrons. The van der Waals surface area contributed by atoms with Gasteiger partial charge in [-0.2, -0.15) is 0 Å². The molecule has 0 saturated carbocycles. The topological polar surface area (TPSA) is 72.7 Å². The summed E-state index contributed by atoms with van der Waals surface area (Å²) in [7, 11) is 1.58. The fourth-order valence-electron chi connectivity index (χ4n) is 1.82. The van der Waals surface area contributed by atoms with E-state index >= 15 is 0 Å². The summed E-state index contributed by atoms with van der Waals surface area (Å²) in [5, 5.41) is 11.1. The summed E-state index contributed by atoms with van der Waals surface area (Å²) in [4.78, 5) is 23.7. The summed E-state index contributed by atoms with van der Waals surface area (Å²) >= 11 is 9.40. The highest BCUT2D eigenvalue weighted by atomic mass is 79.9. The minimum Gasteiger partial charge on any atom is -0.483 e. The standard InChI is InChI=1S/C15H12BrClN2O4/c1-18(14-6-5-10(16)7-13(14)17)15(20)9-23-12-4-2-3-11(8-12)19(21)22/h2-8H,9H2,1H3. The highest BCUT2D eigenvalue weighted by Gasteiger charge is 2.15. The lowest BCUT2D eigenvalue weighted by Gasteiger charge is -2.19. The number of halogens is 2. The van der Waals surface area contributed by atoms with Crippen LogP contribution in [0.5, 0.6) is 5.75 Å². The van der Waals surface area contributed by atoms with Crippen LogP contribution in [-0.4, -0.2) is 24.5 Å². The molecule has 0 aromatic heterocycles. The van der Waals surface area contributed by atoms with Gasteiger partial charge >= 0.3 is 0 Å². The molecule has 0 bridgehead atoms. The van der Waals surface area contributed by atoms with Crippen LogP contribution in [0.1, 0.15) is 0 Å². The first kappa shape index (κ1) is 17.2. The number of carbonyl (C=O) groups is 1. The lowest BCUT2D eigenvalue weighted by Crippen LogP contribution is -2.31. The number of carbonyl (C=O) groups excluding carboxylic acids is 1. The number of nitrogens with zero attached hydrogens (tertiary/aromatic N) is 2. The quantitative estimate of drug-likeness (QED) is 0.561. The van der Waals surface area contributed by atoms with Gasteiger partial charge in [-0.3, -0.25) is 14.9 Å². The molecule has 120 valence electrons. The van der Waals surface area contributed by atoms with Gasteiger partial charge in [0.05, 0.1) is 21.7 Å². The molecular weight excluding hydrogens is 388 g/mol. The maximum Gasteiger partial charge on any atom is 0.273 e. The van der Waals surface area contributed by atoms with Gasteiger partial charge in [-0.15, -0.1) is 0 Å². The molecule has 0 fully saturated rings. The molecule has 0 unspecified atom stereocenters. The predicted molar refractivity (Wildman–Crippen MR) is 91.2 cm³/mol. The molecule has 0 spiro atoms. The molecule has 0 aliphatic carbocycles. The molecule has 0 aliphatic heterocycles. The number of rotatable bonds is 5. The van der Waals surface area contributed by atoms with Gasteiger partial charge in [0.25, 0.3) is 11.6 Å². The molecule has 23 heavy (non-hydrogen) atoms. The number of nitro groups is 1. The van der Waals surface area contributed by atoms with E-state index in [9.17, 15) is 14.9 Å². The van der Waals surface area contributed by atoms with E-state index < -0.39 is 4.92 Å². The van der Waals surface area contributed by atoms with Gasteiger partial charge in [-0.25, -0.2) is 0 Å². The summed E-state index contributed by atoms with van der Waals surface area (Å²) in [5.41, 5.74) is 0.446. The third-order valence-corrected chi connectivity index (χ3v) is 3.83.